The number of unbranched alkanes of at least 4 members (excludes halogenated alkanes) is 19. The van der Waals surface area contributed by atoms with Gasteiger partial charge in [-0.1, -0.05) is 214 Å². The van der Waals surface area contributed by atoms with Gasteiger partial charge in [0.15, 0.2) is 12.4 Å². The van der Waals surface area contributed by atoms with E-state index in [4.69, 9.17) is 14.2 Å². The number of hydrogen-bond acceptors (Lipinski definition) is 10. The normalized spacial score (nSPS) is 20.6. The molecular weight excluding hydrogens is 871 g/mol. The van der Waals surface area contributed by atoms with Gasteiger partial charge in [-0.25, -0.2) is 0 Å². The smallest absolute Gasteiger partial charge is 0.306 e. The molecule has 1 aliphatic rings. The van der Waals surface area contributed by atoms with Gasteiger partial charge in [0.1, 0.15) is 24.4 Å². The highest BCUT2D eigenvalue weighted by molar-refractivity contribution is 5.80. The summed E-state index contributed by atoms with van der Waals surface area (Å²) in [5, 5.41) is 56.5. The fourth-order valence-corrected chi connectivity index (χ4v) is 7.77. The highest BCUT2D eigenvalue weighted by Gasteiger charge is 2.47. The van der Waals surface area contributed by atoms with Crippen LogP contribution >= 0.6 is 0 Å². The maximum Gasteiger partial charge on any atom is 0.306 e. The molecule has 69 heavy (non-hydrogen) atoms. The van der Waals surface area contributed by atoms with Crippen LogP contribution in [-0.2, 0) is 23.8 Å². The van der Waals surface area contributed by atoms with E-state index < -0.39 is 67.4 Å². The molecule has 8 atom stereocenters. The number of ether oxygens (including phenoxy) is 3. The van der Waals surface area contributed by atoms with E-state index >= 15 is 0 Å². The lowest BCUT2D eigenvalue weighted by atomic mass is 9.99. The van der Waals surface area contributed by atoms with E-state index in [1.165, 1.54) is 70.6 Å². The van der Waals surface area contributed by atoms with Gasteiger partial charge in [-0.05, 0) is 70.6 Å². The third-order valence-corrected chi connectivity index (χ3v) is 12.1. The van der Waals surface area contributed by atoms with Gasteiger partial charge in [0, 0.05) is 6.42 Å². The maximum atomic E-state index is 13.3. The second-order valence-corrected chi connectivity index (χ2v) is 18.3. The van der Waals surface area contributed by atoms with Crippen LogP contribution in [0.4, 0.5) is 0 Å². The van der Waals surface area contributed by atoms with E-state index in [9.17, 15) is 35.1 Å². The number of allylic oxidation sites excluding steroid dienone is 15. The molecule has 11 nitrogen and oxygen atoms in total. The van der Waals surface area contributed by atoms with Crippen LogP contribution in [-0.4, -0.2) is 99.6 Å². The molecule has 1 rings (SSSR count). The zero-order valence-electron chi connectivity index (χ0n) is 43.1. The summed E-state index contributed by atoms with van der Waals surface area (Å²) in [6.07, 6.45) is 49.0. The Labute approximate surface area is 418 Å². The predicted molar refractivity (Wildman–Crippen MR) is 282 cm³/mol. The highest BCUT2D eigenvalue weighted by Crippen LogP contribution is 2.26. The fourth-order valence-electron chi connectivity index (χ4n) is 7.77. The highest BCUT2D eigenvalue weighted by atomic mass is 16.7. The molecule has 1 saturated heterocycles. The summed E-state index contributed by atoms with van der Waals surface area (Å²) >= 11 is 0. The molecule has 0 aromatic heterocycles. The van der Waals surface area contributed by atoms with Gasteiger partial charge in [0.2, 0.25) is 5.91 Å². The number of aliphatic hydroxyl groups excluding tert-OH is 5. The Bertz CT molecular complexity index is 1480. The van der Waals surface area contributed by atoms with Crippen molar-refractivity contribution in [3.05, 3.63) is 97.2 Å². The average Bonchev–Trinajstić information content (AvgIpc) is 3.34. The first-order valence-electron chi connectivity index (χ1n) is 27.1. The molecule has 0 bridgehead atoms. The minimum absolute atomic E-state index is 0.101. The third-order valence-electron chi connectivity index (χ3n) is 12.1. The van der Waals surface area contributed by atoms with Crippen molar-refractivity contribution in [2.24, 2.45) is 0 Å². The van der Waals surface area contributed by atoms with Gasteiger partial charge in [-0.3, -0.25) is 9.59 Å². The number of nitrogens with one attached hydrogen (secondary N) is 1. The van der Waals surface area contributed by atoms with Crippen LogP contribution in [0, 0.1) is 0 Å². The van der Waals surface area contributed by atoms with E-state index in [0.29, 0.717) is 12.8 Å². The number of carbonyl (C=O) groups is 2. The van der Waals surface area contributed by atoms with Gasteiger partial charge in [0.05, 0.1) is 25.4 Å². The minimum atomic E-state index is -1.63. The zero-order chi connectivity index (χ0) is 50.4. The summed E-state index contributed by atoms with van der Waals surface area (Å²) in [5.74, 6) is -1.29. The van der Waals surface area contributed by atoms with E-state index in [0.717, 1.165) is 77.0 Å². The Balaban J connectivity index is 2.79. The Morgan fingerprint density at radius 1 is 0.594 bits per heavy atom. The lowest BCUT2D eigenvalue weighted by molar-refractivity contribution is -0.305. The summed E-state index contributed by atoms with van der Waals surface area (Å²) in [4.78, 5) is 26.3. The maximum absolute atomic E-state index is 13.3. The summed E-state index contributed by atoms with van der Waals surface area (Å²) in [5.41, 5.74) is 0. The van der Waals surface area contributed by atoms with E-state index in [1.54, 1.807) is 6.08 Å². The molecule has 1 amide bonds. The van der Waals surface area contributed by atoms with E-state index in [1.807, 2.05) is 60.8 Å². The SMILES string of the molecule is CC/C=C/C=C/C=C\C=C/C=C/CCC(O)C(=O)NC(COC1OC(CO)C(O)C(O)C1OC(=O)CCCCCCCCC/C=C\C/C=C\CCCCC)C(O)/C=C/CCCCCCCCCCC. The molecule has 8 unspecified atom stereocenters. The number of amides is 1. The number of hydrogen-bond donors (Lipinski definition) is 6. The topological polar surface area (TPSA) is 175 Å². The Hall–Kier alpha value is -3.42. The molecule has 1 heterocycles. The molecule has 11 heteroatoms. The summed E-state index contributed by atoms with van der Waals surface area (Å²) in [6, 6.07) is -1.07. The van der Waals surface area contributed by atoms with Gasteiger partial charge in [0.25, 0.3) is 0 Å². The van der Waals surface area contributed by atoms with E-state index in [-0.39, 0.29) is 19.4 Å². The second kappa shape index (κ2) is 45.7. The van der Waals surface area contributed by atoms with Crippen molar-refractivity contribution >= 4 is 11.9 Å². The van der Waals surface area contributed by atoms with Crippen LogP contribution in [0.15, 0.2) is 97.2 Å². The lowest BCUT2D eigenvalue weighted by Gasteiger charge is -2.41. The number of carbonyl (C=O) groups excluding carboxylic acids is 2. The van der Waals surface area contributed by atoms with Gasteiger partial charge in [-0.2, -0.15) is 0 Å². The molecule has 1 fully saturated rings. The third kappa shape index (κ3) is 34.5. The molecule has 394 valence electrons. The summed E-state index contributed by atoms with van der Waals surface area (Å²) < 4.78 is 17.5. The molecule has 0 spiro atoms. The summed E-state index contributed by atoms with van der Waals surface area (Å²) in [6.45, 7) is 5.52. The quantitative estimate of drug-likeness (QED) is 0.0149. The first kappa shape index (κ1) is 63.6. The molecule has 0 aromatic rings. The first-order chi connectivity index (χ1) is 33.7. The second-order valence-electron chi connectivity index (χ2n) is 18.3. The standard InChI is InChI=1S/C58H97NO10/c1-4-7-10-13-16-19-22-24-25-26-27-28-31-34-37-40-43-46-53(63)69-56-55(65)54(64)52(47-60)68-58(56)67-48-49(50(61)44-41-38-35-32-29-21-18-15-12-9-6-3)59-57(66)51(62)45-42-39-36-33-30-23-20-17-14-11-8-5-2/h8,11,14,16-17,19-20,23-25,30,33,36,39,41,44,49-52,54-56,58,60-62,64-65H,4-7,9-10,12-13,15,18,21-22,26-29,31-32,34-35,37-38,40,42-43,45-48H2,1-3H3,(H,59,66)/b11-8+,17-14+,19-16-,23-20-,25-24-,33-30-,39-36+,44-41+. The lowest BCUT2D eigenvalue weighted by Crippen LogP contribution is -2.61. The van der Waals surface area contributed by atoms with Crippen LogP contribution in [0.2, 0.25) is 0 Å². The van der Waals surface area contributed by atoms with Crippen LogP contribution in [0.3, 0.4) is 0 Å². The van der Waals surface area contributed by atoms with Crippen molar-refractivity contribution in [1.82, 2.24) is 5.32 Å². The van der Waals surface area contributed by atoms with Crippen LogP contribution in [0.25, 0.3) is 0 Å². The first-order valence-corrected chi connectivity index (χ1v) is 27.1. The fraction of sp³-hybridized carbons (Fsp3) is 0.690. The molecule has 6 N–H and O–H groups in total. The Morgan fingerprint density at radius 2 is 1.10 bits per heavy atom. The molecule has 0 radical (unpaired) electrons. The van der Waals surface area contributed by atoms with Crippen LogP contribution in [0.5, 0.6) is 0 Å². The number of esters is 1. The van der Waals surface area contributed by atoms with Gasteiger partial charge in [-0.15, -0.1) is 0 Å². The molecule has 0 saturated carbocycles. The minimum Gasteiger partial charge on any atom is -0.454 e. The summed E-state index contributed by atoms with van der Waals surface area (Å²) in [7, 11) is 0. The van der Waals surface area contributed by atoms with Crippen LogP contribution in [0.1, 0.15) is 194 Å². The van der Waals surface area contributed by atoms with Crippen LogP contribution < -0.4 is 5.32 Å². The van der Waals surface area contributed by atoms with Crippen molar-refractivity contribution in [1.29, 1.82) is 0 Å². The predicted octanol–water partition coefficient (Wildman–Crippen LogP) is 11.6. The van der Waals surface area contributed by atoms with Crippen molar-refractivity contribution in [2.45, 2.75) is 243 Å². The molecule has 1 aliphatic heterocycles. The van der Waals surface area contributed by atoms with Crippen molar-refractivity contribution in [3.63, 3.8) is 0 Å². The number of aliphatic hydroxyl groups is 5. The Morgan fingerprint density at radius 3 is 1.68 bits per heavy atom. The van der Waals surface area contributed by atoms with E-state index in [2.05, 4.69) is 56.5 Å². The van der Waals surface area contributed by atoms with Gasteiger partial charge < -0.3 is 45.1 Å². The van der Waals surface area contributed by atoms with Crippen molar-refractivity contribution in [3.8, 4) is 0 Å². The molecule has 0 aromatic carbocycles. The zero-order valence-corrected chi connectivity index (χ0v) is 43.1. The average molecular weight is 968 g/mol. The molecular formula is C58H97NO10. The van der Waals surface area contributed by atoms with Crippen molar-refractivity contribution in [2.75, 3.05) is 13.2 Å². The Kier molecular flexibility index (Phi) is 42.1. The van der Waals surface area contributed by atoms with Gasteiger partial charge >= 0.3 is 5.97 Å². The molecule has 0 aliphatic carbocycles. The largest absolute Gasteiger partial charge is 0.454 e. The number of rotatable bonds is 43. The monoisotopic (exact) mass is 968 g/mol. The van der Waals surface area contributed by atoms with Crippen molar-refractivity contribution < 1.29 is 49.3 Å².